The first-order valence-electron chi connectivity index (χ1n) is 8.87. The molecule has 4 aromatic rings. The lowest BCUT2D eigenvalue weighted by Crippen LogP contribution is -2.12. The molecule has 2 aromatic carbocycles. The number of hydrogen-bond donors (Lipinski definition) is 0. The molecule has 7 heteroatoms. The lowest BCUT2D eigenvalue weighted by molar-refractivity contribution is 0.112. The van der Waals surface area contributed by atoms with E-state index in [4.69, 9.17) is 0 Å². The molecule has 0 aliphatic heterocycles. The van der Waals surface area contributed by atoms with Crippen molar-refractivity contribution in [3.63, 3.8) is 0 Å². The summed E-state index contributed by atoms with van der Waals surface area (Å²) in [7, 11) is -3.87. The number of aryl methyl sites for hydroxylation is 2. The molecule has 0 unspecified atom stereocenters. The Bertz CT molecular complexity index is 1360. The highest BCUT2D eigenvalue weighted by molar-refractivity contribution is 7.90. The highest BCUT2D eigenvalue weighted by atomic mass is 32.2. The van der Waals surface area contributed by atoms with E-state index in [1.54, 1.807) is 43.3 Å². The van der Waals surface area contributed by atoms with E-state index >= 15 is 0 Å². The highest BCUT2D eigenvalue weighted by Gasteiger charge is 2.22. The average Bonchev–Trinajstić information content (AvgIpc) is 3.12. The first kappa shape index (κ1) is 19.0. The van der Waals surface area contributed by atoms with Crippen LogP contribution in [0.1, 0.15) is 21.6 Å². The Morgan fingerprint density at radius 2 is 1.69 bits per heavy atom. The molecule has 29 heavy (non-hydrogen) atoms. The molecule has 2 aromatic heterocycles. The predicted octanol–water partition coefficient (Wildman–Crippen LogP) is 4.51. The molecule has 146 valence electrons. The fourth-order valence-electron chi connectivity index (χ4n) is 3.27. The number of aromatic nitrogens is 2. The van der Waals surface area contributed by atoms with E-state index < -0.39 is 15.8 Å². The number of rotatable bonds is 4. The van der Waals surface area contributed by atoms with Gasteiger partial charge < -0.3 is 0 Å². The molecule has 0 N–H and O–H groups in total. The maximum absolute atomic E-state index is 14.5. The van der Waals surface area contributed by atoms with Crippen molar-refractivity contribution in [1.29, 1.82) is 0 Å². The first-order chi connectivity index (χ1) is 13.8. The summed E-state index contributed by atoms with van der Waals surface area (Å²) in [5, 5.41) is 0.480. The molecule has 0 radical (unpaired) electrons. The Labute approximate surface area is 167 Å². The van der Waals surface area contributed by atoms with Crippen molar-refractivity contribution in [3.8, 4) is 11.1 Å². The summed E-state index contributed by atoms with van der Waals surface area (Å²) in [6.45, 7) is 3.58. The van der Waals surface area contributed by atoms with Crippen molar-refractivity contribution < 1.29 is 17.6 Å². The van der Waals surface area contributed by atoms with Crippen molar-refractivity contribution in [2.75, 3.05) is 0 Å². The summed E-state index contributed by atoms with van der Waals surface area (Å²) in [4.78, 5) is 15.7. The van der Waals surface area contributed by atoms with Gasteiger partial charge in [-0.05, 0) is 61.9 Å². The molecule has 0 saturated heterocycles. The summed E-state index contributed by atoms with van der Waals surface area (Å²) in [6.07, 6.45) is 2.05. The van der Waals surface area contributed by atoms with Crippen LogP contribution in [0.2, 0.25) is 0 Å². The van der Waals surface area contributed by atoms with Gasteiger partial charge in [0.25, 0.3) is 10.0 Å². The van der Waals surface area contributed by atoms with Crippen LogP contribution < -0.4 is 0 Å². The molecule has 0 fully saturated rings. The van der Waals surface area contributed by atoms with Gasteiger partial charge in [0.2, 0.25) is 0 Å². The van der Waals surface area contributed by atoms with Crippen LogP contribution in [0.4, 0.5) is 4.39 Å². The second-order valence-electron chi connectivity index (χ2n) is 6.84. The van der Waals surface area contributed by atoms with Gasteiger partial charge >= 0.3 is 0 Å². The number of benzene rings is 2. The zero-order valence-corrected chi connectivity index (χ0v) is 16.6. The number of pyridine rings is 1. The Morgan fingerprint density at radius 1 is 0.966 bits per heavy atom. The number of carbonyl (C=O) groups excluding carboxylic acids is 1. The summed E-state index contributed by atoms with van der Waals surface area (Å²) in [6, 6.07) is 13.9. The van der Waals surface area contributed by atoms with E-state index in [1.807, 2.05) is 6.92 Å². The van der Waals surface area contributed by atoms with Crippen LogP contribution >= 0.6 is 0 Å². The quantitative estimate of drug-likeness (QED) is 0.466. The minimum absolute atomic E-state index is 0.139. The van der Waals surface area contributed by atoms with E-state index in [0.717, 1.165) is 9.54 Å². The largest absolute Gasteiger partial charge is 0.298 e. The second kappa shape index (κ2) is 6.93. The zero-order valence-electron chi connectivity index (χ0n) is 15.8. The average molecular weight is 408 g/mol. The van der Waals surface area contributed by atoms with Gasteiger partial charge in [0.1, 0.15) is 12.1 Å². The molecule has 0 amide bonds. The van der Waals surface area contributed by atoms with Crippen LogP contribution in [-0.2, 0) is 10.0 Å². The third-order valence-corrected chi connectivity index (χ3v) is 6.43. The minimum Gasteiger partial charge on any atom is -0.298 e. The first-order valence-corrected chi connectivity index (χ1v) is 10.3. The van der Waals surface area contributed by atoms with E-state index in [-0.39, 0.29) is 16.1 Å². The molecule has 0 aliphatic carbocycles. The van der Waals surface area contributed by atoms with Gasteiger partial charge in [0.05, 0.1) is 4.90 Å². The Kier molecular flexibility index (Phi) is 4.55. The Morgan fingerprint density at radius 3 is 2.38 bits per heavy atom. The number of carbonyl (C=O) groups is 1. The number of fused-ring (bicyclic) bond motifs is 1. The van der Waals surface area contributed by atoms with Crippen LogP contribution in [0.5, 0.6) is 0 Å². The minimum atomic E-state index is -3.87. The summed E-state index contributed by atoms with van der Waals surface area (Å²) < 4.78 is 41.9. The lowest BCUT2D eigenvalue weighted by Gasteiger charge is -2.10. The molecule has 0 saturated carbocycles. The fourth-order valence-corrected chi connectivity index (χ4v) is 4.57. The molecule has 2 heterocycles. The summed E-state index contributed by atoms with van der Waals surface area (Å²) in [5.74, 6) is -0.503. The third kappa shape index (κ3) is 3.23. The molecule has 0 aliphatic rings. The van der Waals surface area contributed by atoms with Gasteiger partial charge in [-0.2, -0.15) is 0 Å². The number of nitrogens with zero attached hydrogens (tertiary/aromatic N) is 2. The van der Waals surface area contributed by atoms with Crippen molar-refractivity contribution in [3.05, 3.63) is 83.4 Å². The normalized spacial score (nSPS) is 11.7. The van der Waals surface area contributed by atoms with Gasteiger partial charge in [-0.25, -0.2) is 21.8 Å². The van der Waals surface area contributed by atoms with Gasteiger partial charge in [0, 0.05) is 28.4 Å². The predicted molar refractivity (Wildman–Crippen MR) is 109 cm³/mol. The zero-order chi connectivity index (χ0) is 20.8. The van der Waals surface area contributed by atoms with Crippen molar-refractivity contribution in [2.45, 2.75) is 18.7 Å². The van der Waals surface area contributed by atoms with Crippen molar-refractivity contribution in [2.24, 2.45) is 0 Å². The summed E-state index contributed by atoms with van der Waals surface area (Å²) >= 11 is 0. The van der Waals surface area contributed by atoms with Crippen LogP contribution in [-0.4, -0.2) is 23.7 Å². The number of halogens is 1. The lowest BCUT2D eigenvalue weighted by atomic mass is 10.0. The number of hydrogen-bond acceptors (Lipinski definition) is 4. The standard InChI is InChI=1S/C22H17FN2O3S/c1-14-3-6-17(7-4-14)29(27,28)25-10-9-18-19(11-15(2)24-22(18)25)20-12-16(13-26)5-8-21(20)23/h3-13H,1-2H3. The monoisotopic (exact) mass is 408 g/mol. The van der Waals surface area contributed by atoms with Crippen LogP contribution in [0.25, 0.3) is 22.2 Å². The smallest absolute Gasteiger partial charge is 0.269 e. The molecular weight excluding hydrogens is 391 g/mol. The third-order valence-electron chi connectivity index (χ3n) is 4.75. The Balaban J connectivity index is 1.98. The molecule has 0 spiro atoms. The van der Waals surface area contributed by atoms with E-state index in [9.17, 15) is 17.6 Å². The number of aldehydes is 1. The van der Waals surface area contributed by atoms with Gasteiger partial charge in [-0.1, -0.05) is 17.7 Å². The van der Waals surface area contributed by atoms with E-state index in [2.05, 4.69) is 4.98 Å². The van der Waals surface area contributed by atoms with Gasteiger partial charge in [-0.3, -0.25) is 4.79 Å². The molecular formula is C22H17FN2O3S. The second-order valence-corrected chi connectivity index (χ2v) is 8.65. The van der Waals surface area contributed by atoms with Gasteiger partial charge in [-0.15, -0.1) is 0 Å². The highest BCUT2D eigenvalue weighted by Crippen LogP contribution is 2.33. The van der Waals surface area contributed by atoms with E-state index in [0.29, 0.717) is 28.5 Å². The van der Waals surface area contributed by atoms with Crippen molar-refractivity contribution >= 4 is 27.3 Å². The maximum Gasteiger partial charge on any atom is 0.269 e. The van der Waals surface area contributed by atoms with Crippen LogP contribution in [0, 0.1) is 19.7 Å². The maximum atomic E-state index is 14.5. The molecule has 0 bridgehead atoms. The molecule has 0 atom stereocenters. The van der Waals surface area contributed by atoms with Crippen LogP contribution in [0.15, 0.2) is 65.7 Å². The molecule has 4 rings (SSSR count). The molecule has 5 nitrogen and oxygen atoms in total. The van der Waals surface area contributed by atoms with Crippen molar-refractivity contribution in [1.82, 2.24) is 8.96 Å². The fraction of sp³-hybridized carbons (Fsp3) is 0.0909. The van der Waals surface area contributed by atoms with Crippen LogP contribution in [0.3, 0.4) is 0 Å². The topological polar surface area (TPSA) is 69.0 Å². The van der Waals surface area contributed by atoms with Gasteiger partial charge in [0.15, 0.2) is 5.65 Å². The SMILES string of the molecule is Cc1ccc(S(=O)(=O)n2ccc3c(-c4cc(C=O)ccc4F)cc(C)nc32)cc1. The summed E-state index contributed by atoms with van der Waals surface area (Å²) in [5.41, 5.74) is 2.71. The van der Waals surface area contributed by atoms with E-state index in [1.165, 1.54) is 24.4 Å². The Hall–Kier alpha value is -3.32.